The first-order chi connectivity index (χ1) is 11.2. The molecule has 0 saturated carbocycles. The van der Waals surface area contributed by atoms with Gasteiger partial charge in [0.25, 0.3) is 0 Å². The van der Waals surface area contributed by atoms with Crippen molar-refractivity contribution in [1.82, 2.24) is 15.0 Å². The summed E-state index contributed by atoms with van der Waals surface area (Å²) in [6.45, 7) is 4.49. The number of halogens is 1. The van der Waals surface area contributed by atoms with Gasteiger partial charge in [-0.2, -0.15) is 4.98 Å². The van der Waals surface area contributed by atoms with Crippen molar-refractivity contribution in [3.63, 3.8) is 0 Å². The fourth-order valence-electron chi connectivity index (χ4n) is 2.97. The lowest BCUT2D eigenvalue weighted by atomic mass is 9.97. The van der Waals surface area contributed by atoms with Crippen molar-refractivity contribution in [1.29, 1.82) is 0 Å². The average molecular weight is 319 g/mol. The highest BCUT2D eigenvalue weighted by atomic mass is 19.1. The van der Waals surface area contributed by atoms with Crippen LogP contribution < -0.4 is 0 Å². The smallest absolute Gasteiger partial charge is 0.231 e. The number of nitrogens with zero attached hydrogens (tertiary/aromatic N) is 3. The van der Waals surface area contributed by atoms with Gasteiger partial charge in [0.2, 0.25) is 11.7 Å². The zero-order valence-electron chi connectivity index (χ0n) is 13.3. The fourth-order valence-corrected chi connectivity index (χ4v) is 2.97. The summed E-state index contributed by atoms with van der Waals surface area (Å²) in [7, 11) is 0. The lowest BCUT2D eigenvalue weighted by molar-refractivity contribution is 0.0886. The molecule has 1 fully saturated rings. The topological polar surface area (TPSA) is 62.4 Å². The normalized spacial score (nSPS) is 20.6. The van der Waals surface area contributed by atoms with Gasteiger partial charge in [0, 0.05) is 18.7 Å². The second-order valence-electron chi connectivity index (χ2n) is 6.12. The van der Waals surface area contributed by atoms with E-state index < -0.39 is 0 Å². The zero-order chi connectivity index (χ0) is 16.2. The minimum Gasteiger partial charge on any atom is -0.392 e. The number of hydrogen-bond donors (Lipinski definition) is 1. The van der Waals surface area contributed by atoms with Gasteiger partial charge >= 0.3 is 0 Å². The standard InChI is InChI=1S/C17H22FN3O2/c1-2-15(22)11-21-9-3-4-13(10-21)17-19-16(20-23-17)12-5-7-14(18)8-6-12/h5-8,13,15,22H,2-4,9-11H2,1H3/t13?,15-/m1/s1. The van der Waals surface area contributed by atoms with Crippen LogP contribution in [0.3, 0.4) is 0 Å². The Hall–Kier alpha value is -1.79. The van der Waals surface area contributed by atoms with Crippen LogP contribution in [0.4, 0.5) is 4.39 Å². The molecule has 1 unspecified atom stereocenters. The van der Waals surface area contributed by atoms with Crippen molar-refractivity contribution in [3.05, 3.63) is 36.0 Å². The minimum absolute atomic E-state index is 0.189. The molecule has 1 aromatic carbocycles. The third-order valence-electron chi connectivity index (χ3n) is 4.34. The van der Waals surface area contributed by atoms with Gasteiger partial charge in [-0.3, -0.25) is 4.90 Å². The molecule has 1 saturated heterocycles. The van der Waals surface area contributed by atoms with Gasteiger partial charge in [0.1, 0.15) is 5.82 Å². The van der Waals surface area contributed by atoms with E-state index in [-0.39, 0.29) is 17.8 Å². The molecular weight excluding hydrogens is 297 g/mol. The van der Waals surface area contributed by atoms with Crippen LogP contribution in [-0.2, 0) is 0 Å². The van der Waals surface area contributed by atoms with Gasteiger partial charge in [-0.25, -0.2) is 4.39 Å². The van der Waals surface area contributed by atoms with Crippen LogP contribution in [0.5, 0.6) is 0 Å². The molecular formula is C17H22FN3O2. The van der Waals surface area contributed by atoms with Crippen LogP contribution >= 0.6 is 0 Å². The number of benzene rings is 1. The molecule has 23 heavy (non-hydrogen) atoms. The molecule has 2 heterocycles. The maximum Gasteiger partial charge on any atom is 0.231 e. The molecule has 0 radical (unpaired) electrons. The van der Waals surface area contributed by atoms with E-state index in [1.54, 1.807) is 12.1 Å². The summed E-state index contributed by atoms with van der Waals surface area (Å²) in [6.07, 6.45) is 2.53. The number of aliphatic hydroxyl groups excluding tert-OH is 1. The number of likely N-dealkylation sites (tertiary alicyclic amines) is 1. The second kappa shape index (κ2) is 7.19. The summed E-state index contributed by atoms with van der Waals surface area (Å²) in [6, 6.07) is 6.07. The van der Waals surface area contributed by atoms with Gasteiger partial charge < -0.3 is 9.63 Å². The van der Waals surface area contributed by atoms with E-state index in [0.29, 0.717) is 18.3 Å². The largest absolute Gasteiger partial charge is 0.392 e. The first-order valence-corrected chi connectivity index (χ1v) is 8.15. The van der Waals surface area contributed by atoms with E-state index in [1.165, 1.54) is 12.1 Å². The maximum atomic E-state index is 13.0. The molecule has 1 aliphatic rings. The van der Waals surface area contributed by atoms with Crippen LogP contribution in [0.2, 0.25) is 0 Å². The Morgan fingerprint density at radius 1 is 1.39 bits per heavy atom. The van der Waals surface area contributed by atoms with Crippen molar-refractivity contribution >= 4 is 0 Å². The zero-order valence-corrected chi connectivity index (χ0v) is 13.3. The molecule has 1 aromatic heterocycles. The highest BCUT2D eigenvalue weighted by Crippen LogP contribution is 2.27. The molecule has 0 bridgehead atoms. The summed E-state index contributed by atoms with van der Waals surface area (Å²) in [4.78, 5) is 6.73. The minimum atomic E-state index is -0.286. The van der Waals surface area contributed by atoms with E-state index >= 15 is 0 Å². The molecule has 1 N–H and O–H groups in total. The Morgan fingerprint density at radius 3 is 2.91 bits per heavy atom. The van der Waals surface area contributed by atoms with E-state index in [1.807, 2.05) is 6.92 Å². The Balaban J connectivity index is 1.68. The SMILES string of the molecule is CC[C@@H](O)CN1CCCC(c2nc(-c3ccc(F)cc3)no2)C1. The summed E-state index contributed by atoms with van der Waals surface area (Å²) in [5.74, 6) is 1.02. The van der Waals surface area contributed by atoms with Gasteiger partial charge in [-0.05, 0) is 50.1 Å². The van der Waals surface area contributed by atoms with Gasteiger partial charge in [-0.1, -0.05) is 12.1 Å². The predicted octanol–water partition coefficient (Wildman–Crippen LogP) is 2.83. The molecule has 6 heteroatoms. The van der Waals surface area contributed by atoms with Crippen LogP contribution in [0.15, 0.2) is 28.8 Å². The van der Waals surface area contributed by atoms with Gasteiger partial charge in [0.05, 0.1) is 12.0 Å². The van der Waals surface area contributed by atoms with Crippen LogP contribution in [0.1, 0.15) is 38.0 Å². The summed E-state index contributed by atoms with van der Waals surface area (Å²) < 4.78 is 18.4. The van der Waals surface area contributed by atoms with Crippen LogP contribution in [-0.4, -0.2) is 45.9 Å². The molecule has 1 aliphatic heterocycles. The Kier molecular flexibility index (Phi) is 5.03. The van der Waals surface area contributed by atoms with Crippen molar-refractivity contribution in [2.75, 3.05) is 19.6 Å². The number of β-amino-alcohol motifs (C(OH)–C–C–N with tert-alkyl or cyclic N) is 1. The third-order valence-corrected chi connectivity index (χ3v) is 4.34. The van der Waals surface area contributed by atoms with Gasteiger partial charge in [-0.15, -0.1) is 0 Å². The quantitative estimate of drug-likeness (QED) is 0.918. The molecule has 124 valence electrons. The molecule has 2 aromatic rings. The summed E-state index contributed by atoms with van der Waals surface area (Å²) >= 11 is 0. The Labute approximate surface area is 135 Å². The lowest BCUT2D eigenvalue weighted by Gasteiger charge is -2.32. The number of piperidine rings is 1. The number of rotatable bonds is 5. The van der Waals surface area contributed by atoms with Crippen LogP contribution in [0.25, 0.3) is 11.4 Å². The number of hydrogen-bond acceptors (Lipinski definition) is 5. The fraction of sp³-hybridized carbons (Fsp3) is 0.529. The highest BCUT2D eigenvalue weighted by molar-refractivity contribution is 5.53. The van der Waals surface area contributed by atoms with E-state index in [0.717, 1.165) is 37.9 Å². The highest BCUT2D eigenvalue weighted by Gasteiger charge is 2.27. The molecule has 5 nitrogen and oxygen atoms in total. The van der Waals surface area contributed by atoms with Crippen molar-refractivity contribution in [2.45, 2.75) is 38.2 Å². The predicted molar refractivity (Wildman–Crippen MR) is 84.4 cm³/mol. The second-order valence-corrected chi connectivity index (χ2v) is 6.12. The maximum absolute atomic E-state index is 13.0. The lowest BCUT2D eigenvalue weighted by Crippen LogP contribution is -2.39. The van der Waals surface area contributed by atoms with Crippen molar-refractivity contribution < 1.29 is 14.0 Å². The number of aliphatic hydroxyl groups is 1. The average Bonchev–Trinajstić information content (AvgIpc) is 3.06. The summed E-state index contributed by atoms with van der Waals surface area (Å²) in [5.41, 5.74) is 0.746. The van der Waals surface area contributed by atoms with E-state index in [2.05, 4.69) is 15.0 Å². The molecule has 0 spiro atoms. The Bertz CT molecular complexity index is 629. The van der Waals surface area contributed by atoms with E-state index in [4.69, 9.17) is 4.52 Å². The first kappa shape index (κ1) is 16.1. The van der Waals surface area contributed by atoms with Crippen LogP contribution in [0, 0.1) is 5.82 Å². The monoisotopic (exact) mass is 319 g/mol. The molecule has 0 aliphatic carbocycles. The summed E-state index contributed by atoms with van der Waals surface area (Å²) in [5, 5.41) is 13.8. The third kappa shape index (κ3) is 3.95. The van der Waals surface area contributed by atoms with Gasteiger partial charge in [0.15, 0.2) is 0 Å². The Morgan fingerprint density at radius 2 is 2.17 bits per heavy atom. The van der Waals surface area contributed by atoms with Crippen molar-refractivity contribution in [2.24, 2.45) is 0 Å². The van der Waals surface area contributed by atoms with E-state index in [9.17, 15) is 9.50 Å². The molecule has 0 amide bonds. The molecule has 3 rings (SSSR count). The first-order valence-electron chi connectivity index (χ1n) is 8.15. The number of aromatic nitrogens is 2. The molecule has 2 atom stereocenters. The van der Waals surface area contributed by atoms with Crippen molar-refractivity contribution in [3.8, 4) is 11.4 Å².